The van der Waals surface area contributed by atoms with Gasteiger partial charge in [-0.2, -0.15) is 5.10 Å². The van der Waals surface area contributed by atoms with E-state index < -0.39 is 23.0 Å². The first kappa shape index (κ1) is 13.5. The molecule has 0 radical (unpaired) electrons. The summed E-state index contributed by atoms with van der Waals surface area (Å²) >= 11 is 0. The number of nitrogens with one attached hydrogen (secondary N) is 4. The standard InChI is InChI=1S/C15H12FN5O2/c1-6-9-10(7-4-2-3-5-8(7)16)11-12(17-13(9)21-20-6)18-15(23)19-14(11)22/h2-5,10H,1H3,(H4,17,18,19,20,21,22,23). The molecule has 3 aromatic rings. The fraction of sp³-hybridized carbons (Fsp3) is 0.133. The van der Waals surface area contributed by atoms with Crippen molar-refractivity contribution < 1.29 is 4.39 Å². The van der Waals surface area contributed by atoms with Gasteiger partial charge in [0.2, 0.25) is 0 Å². The van der Waals surface area contributed by atoms with Gasteiger partial charge in [0.25, 0.3) is 5.56 Å². The van der Waals surface area contributed by atoms with Gasteiger partial charge in [-0.05, 0) is 13.0 Å². The molecule has 0 bridgehead atoms. The lowest BCUT2D eigenvalue weighted by molar-refractivity contribution is 0.605. The van der Waals surface area contributed by atoms with Gasteiger partial charge in [0, 0.05) is 16.8 Å². The zero-order chi connectivity index (χ0) is 16.1. The summed E-state index contributed by atoms with van der Waals surface area (Å²) in [5, 5.41) is 9.88. The third-order valence-electron chi connectivity index (χ3n) is 4.01. The van der Waals surface area contributed by atoms with Gasteiger partial charge >= 0.3 is 5.69 Å². The Morgan fingerprint density at radius 3 is 2.70 bits per heavy atom. The van der Waals surface area contributed by atoms with Gasteiger partial charge in [0.1, 0.15) is 11.6 Å². The normalized spacial score (nSPS) is 15.7. The molecule has 1 aromatic carbocycles. The van der Waals surface area contributed by atoms with Crippen LogP contribution >= 0.6 is 0 Å². The first-order valence-corrected chi connectivity index (χ1v) is 6.99. The Balaban J connectivity index is 2.09. The van der Waals surface area contributed by atoms with E-state index in [1.807, 2.05) is 0 Å². The van der Waals surface area contributed by atoms with Gasteiger partial charge in [0.05, 0.1) is 11.5 Å². The van der Waals surface area contributed by atoms with Crippen LogP contribution in [0.15, 0.2) is 33.9 Å². The van der Waals surface area contributed by atoms with Crippen molar-refractivity contribution in [3.05, 3.63) is 73.3 Å². The average Bonchev–Trinajstić information content (AvgIpc) is 2.87. The Labute approximate surface area is 128 Å². The van der Waals surface area contributed by atoms with Crippen molar-refractivity contribution in [2.75, 3.05) is 5.32 Å². The quantitative estimate of drug-likeness (QED) is 0.427. The lowest BCUT2D eigenvalue weighted by Gasteiger charge is -2.25. The maximum absolute atomic E-state index is 14.4. The minimum Gasteiger partial charge on any atom is -0.324 e. The van der Waals surface area contributed by atoms with Gasteiger partial charge < -0.3 is 5.32 Å². The van der Waals surface area contributed by atoms with Gasteiger partial charge in [-0.3, -0.25) is 19.9 Å². The van der Waals surface area contributed by atoms with Crippen LogP contribution in [0, 0.1) is 12.7 Å². The molecular formula is C15H12FN5O2. The third kappa shape index (κ3) is 1.91. The Hall–Kier alpha value is -3.16. The molecule has 0 fully saturated rings. The van der Waals surface area contributed by atoms with Crippen LogP contribution in [0.1, 0.15) is 28.3 Å². The van der Waals surface area contributed by atoms with Crippen LogP contribution in [0.2, 0.25) is 0 Å². The molecule has 1 unspecified atom stereocenters. The topological polar surface area (TPSA) is 106 Å². The summed E-state index contributed by atoms with van der Waals surface area (Å²) in [5.41, 5.74) is 0.808. The predicted molar refractivity (Wildman–Crippen MR) is 81.6 cm³/mol. The molecule has 2 aromatic heterocycles. The van der Waals surface area contributed by atoms with Crippen molar-refractivity contribution >= 4 is 11.6 Å². The Bertz CT molecular complexity index is 1030. The van der Waals surface area contributed by atoms with Crippen molar-refractivity contribution in [3.63, 3.8) is 0 Å². The zero-order valence-electron chi connectivity index (χ0n) is 12.0. The van der Waals surface area contributed by atoms with E-state index >= 15 is 0 Å². The van der Waals surface area contributed by atoms with Crippen LogP contribution in [-0.2, 0) is 0 Å². The lowest BCUT2D eigenvalue weighted by Crippen LogP contribution is -2.32. The number of hydrogen-bond acceptors (Lipinski definition) is 4. The summed E-state index contributed by atoms with van der Waals surface area (Å²) in [6.45, 7) is 1.80. The van der Waals surface area contributed by atoms with Crippen LogP contribution < -0.4 is 16.6 Å². The van der Waals surface area contributed by atoms with E-state index in [0.717, 1.165) is 5.69 Å². The van der Waals surface area contributed by atoms with E-state index in [9.17, 15) is 14.0 Å². The molecule has 0 spiro atoms. The number of benzene rings is 1. The van der Waals surface area contributed by atoms with Gasteiger partial charge in [-0.1, -0.05) is 18.2 Å². The van der Waals surface area contributed by atoms with Gasteiger partial charge in [0.15, 0.2) is 5.82 Å². The molecule has 3 heterocycles. The molecule has 1 aliphatic rings. The average molecular weight is 313 g/mol. The van der Waals surface area contributed by atoms with Crippen molar-refractivity contribution in [3.8, 4) is 0 Å². The molecular weight excluding hydrogens is 301 g/mol. The summed E-state index contributed by atoms with van der Waals surface area (Å²) in [6, 6.07) is 6.25. The molecule has 0 aliphatic carbocycles. The molecule has 4 N–H and O–H groups in total. The highest BCUT2D eigenvalue weighted by atomic mass is 19.1. The number of nitrogens with zero attached hydrogens (tertiary/aromatic N) is 1. The number of halogens is 1. The van der Waals surface area contributed by atoms with Crippen molar-refractivity contribution in [2.24, 2.45) is 0 Å². The number of aryl methyl sites for hydroxylation is 1. The largest absolute Gasteiger partial charge is 0.327 e. The highest BCUT2D eigenvalue weighted by Gasteiger charge is 2.35. The SMILES string of the molecule is Cc1[nH]nc2c1C(c1ccccc1F)c1c([nH]c(=O)[nH]c1=O)N2. The number of rotatable bonds is 1. The molecule has 1 aliphatic heterocycles. The molecule has 0 saturated carbocycles. The van der Waals surface area contributed by atoms with Crippen molar-refractivity contribution in [1.82, 2.24) is 20.2 Å². The van der Waals surface area contributed by atoms with Crippen LogP contribution in [0.25, 0.3) is 0 Å². The maximum atomic E-state index is 14.4. The van der Waals surface area contributed by atoms with E-state index in [-0.39, 0.29) is 11.4 Å². The summed E-state index contributed by atoms with van der Waals surface area (Å²) in [4.78, 5) is 28.6. The van der Waals surface area contributed by atoms with E-state index in [0.29, 0.717) is 16.9 Å². The summed E-state index contributed by atoms with van der Waals surface area (Å²) in [5.74, 6) is -0.403. The number of aromatic amines is 3. The van der Waals surface area contributed by atoms with Gasteiger partial charge in [-0.25, -0.2) is 9.18 Å². The fourth-order valence-corrected chi connectivity index (χ4v) is 3.04. The molecule has 0 amide bonds. The number of fused-ring (bicyclic) bond motifs is 2. The summed E-state index contributed by atoms with van der Waals surface area (Å²) in [7, 11) is 0. The molecule has 8 heteroatoms. The minimum atomic E-state index is -0.665. The molecule has 1 atom stereocenters. The lowest BCUT2D eigenvalue weighted by atomic mass is 9.83. The second kappa shape index (κ2) is 4.67. The van der Waals surface area contributed by atoms with E-state index in [4.69, 9.17) is 0 Å². The predicted octanol–water partition coefficient (Wildman–Crippen LogP) is 1.47. The number of aromatic nitrogens is 4. The smallest absolute Gasteiger partial charge is 0.324 e. The van der Waals surface area contributed by atoms with Crippen molar-refractivity contribution in [1.29, 1.82) is 0 Å². The summed E-state index contributed by atoms with van der Waals surface area (Å²) in [6.07, 6.45) is 0. The maximum Gasteiger partial charge on any atom is 0.327 e. The number of H-pyrrole nitrogens is 3. The Morgan fingerprint density at radius 1 is 1.13 bits per heavy atom. The van der Waals surface area contributed by atoms with Crippen molar-refractivity contribution in [2.45, 2.75) is 12.8 Å². The Morgan fingerprint density at radius 2 is 1.91 bits per heavy atom. The molecule has 23 heavy (non-hydrogen) atoms. The third-order valence-corrected chi connectivity index (χ3v) is 4.01. The van der Waals surface area contributed by atoms with Gasteiger partial charge in [-0.15, -0.1) is 0 Å². The molecule has 0 saturated heterocycles. The highest BCUT2D eigenvalue weighted by molar-refractivity contribution is 5.71. The monoisotopic (exact) mass is 313 g/mol. The van der Waals surface area contributed by atoms with Crippen LogP contribution in [0.5, 0.6) is 0 Å². The first-order chi connectivity index (χ1) is 11.1. The fourth-order valence-electron chi connectivity index (χ4n) is 3.04. The summed E-state index contributed by atoms with van der Waals surface area (Å²) < 4.78 is 14.4. The van der Waals surface area contributed by atoms with Crippen LogP contribution in [0.3, 0.4) is 0 Å². The molecule has 4 rings (SSSR count). The minimum absolute atomic E-state index is 0.228. The van der Waals surface area contributed by atoms with Crippen LogP contribution in [-0.4, -0.2) is 20.2 Å². The molecule has 7 nitrogen and oxygen atoms in total. The van der Waals surface area contributed by atoms with E-state index in [1.54, 1.807) is 25.1 Å². The van der Waals surface area contributed by atoms with E-state index in [1.165, 1.54) is 6.07 Å². The first-order valence-electron chi connectivity index (χ1n) is 6.99. The molecule has 116 valence electrons. The second-order valence-corrected chi connectivity index (χ2v) is 5.39. The highest BCUT2D eigenvalue weighted by Crippen LogP contribution is 2.43. The number of anilines is 2. The second-order valence-electron chi connectivity index (χ2n) is 5.39. The Kier molecular flexibility index (Phi) is 2.74. The van der Waals surface area contributed by atoms with Crippen LogP contribution in [0.4, 0.5) is 16.0 Å². The zero-order valence-corrected chi connectivity index (χ0v) is 12.0. The van der Waals surface area contributed by atoms with E-state index in [2.05, 4.69) is 25.5 Å². The number of hydrogen-bond donors (Lipinski definition) is 4.